The minimum Gasteiger partial charge on any atom is -0.317 e. The molecule has 2 aromatic heterocycles. The van der Waals surface area contributed by atoms with Crippen LogP contribution in [-0.2, 0) is 13.2 Å². The molecule has 0 atom stereocenters. The molecule has 0 saturated carbocycles. The highest BCUT2D eigenvalue weighted by atomic mass is 35.5. The van der Waals surface area contributed by atoms with Gasteiger partial charge in [-0.1, -0.05) is 0 Å². The number of rotatable bonds is 3. The maximum atomic E-state index is 12.8. The monoisotopic (exact) mass is 379 g/mol. The lowest BCUT2D eigenvalue weighted by molar-refractivity contribution is -0.137. The molecule has 1 fully saturated rings. The molecule has 0 bridgehead atoms. The van der Waals surface area contributed by atoms with Gasteiger partial charge in [-0.2, -0.15) is 13.2 Å². The van der Waals surface area contributed by atoms with Gasteiger partial charge < -0.3 is 9.88 Å². The van der Waals surface area contributed by atoms with Crippen molar-refractivity contribution in [3.05, 3.63) is 29.7 Å². The van der Waals surface area contributed by atoms with Gasteiger partial charge in [-0.05, 0) is 49.8 Å². The summed E-state index contributed by atoms with van der Waals surface area (Å²) < 4.78 is 40.1. The van der Waals surface area contributed by atoms with E-state index in [-0.39, 0.29) is 17.4 Å². The van der Waals surface area contributed by atoms with Crippen molar-refractivity contribution in [1.29, 1.82) is 0 Å². The van der Waals surface area contributed by atoms with Crippen molar-refractivity contribution in [2.45, 2.75) is 35.1 Å². The summed E-state index contributed by atoms with van der Waals surface area (Å²) in [5.41, 5.74) is -0.712. The minimum absolute atomic E-state index is 0. The number of hydrogen-bond acceptors (Lipinski definition) is 5. The number of nitrogens with one attached hydrogen (secondary N) is 1. The zero-order valence-electron chi connectivity index (χ0n) is 12.9. The molecule has 0 unspecified atom stereocenters. The van der Waals surface area contributed by atoms with Crippen LogP contribution in [0, 0.1) is 0 Å². The molecule has 1 saturated heterocycles. The second-order valence-corrected chi connectivity index (χ2v) is 6.39. The maximum Gasteiger partial charge on any atom is 0.416 e. The van der Waals surface area contributed by atoms with E-state index in [4.69, 9.17) is 0 Å². The van der Waals surface area contributed by atoms with E-state index in [1.807, 2.05) is 11.6 Å². The molecular weight excluding hydrogens is 363 g/mol. The van der Waals surface area contributed by atoms with E-state index < -0.39 is 11.7 Å². The first kappa shape index (κ1) is 19.0. The summed E-state index contributed by atoms with van der Waals surface area (Å²) in [6.45, 7) is 1.88. The summed E-state index contributed by atoms with van der Waals surface area (Å²) in [6, 6.07) is 1.99. The van der Waals surface area contributed by atoms with Crippen molar-refractivity contribution in [2.75, 3.05) is 13.1 Å². The largest absolute Gasteiger partial charge is 0.416 e. The fraction of sp³-hybridized carbons (Fsp3) is 0.500. The normalized spacial score (nSPS) is 16.0. The fourth-order valence-corrected chi connectivity index (χ4v) is 3.38. The Morgan fingerprint density at radius 2 is 1.96 bits per heavy atom. The summed E-state index contributed by atoms with van der Waals surface area (Å²) in [5, 5.41) is 12.4. The third-order valence-electron chi connectivity index (χ3n) is 3.83. The van der Waals surface area contributed by atoms with E-state index in [0.29, 0.717) is 11.1 Å². The summed E-state index contributed by atoms with van der Waals surface area (Å²) in [6.07, 6.45) is -1.25. The molecule has 10 heteroatoms. The van der Waals surface area contributed by atoms with E-state index in [2.05, 4.69) is 20.5 Å². The first-order valence-electron chi connectivity index (χ1n) is 7.26. The van der Waals surface area contributed by atoms with E-state index >= 15 is 0 Å². The standard InChI is InChI=1S/C14H16F3N5S.ClH/c1-22-12(9-2-5-18-6-3-9)20-21-13(22)23-11-8-10(4-7-19-11)14(15,16)17;/h4,7-9,18H,2-3,5-6H2,1H3;1H. The van der Waals surface area contributed by atoms with E-state index in [9.17, 15) is 13.2 Å². The highest BCUT2D eigenvalue weighted by Gasteiger charge is 2.31. The Morgan fingerprint density at radius 3 is 2.62 bits per heavy atom. The van der Waals surface area contributed by atoms with Crippen LogP contribution in [0.25, 0.3) is 0 Å². The summed E-state index contributed by atoms with van der Waals surface area (Å²) in [5.74, 6) is 1.21. The molecule has 1 aliphatic heterocycles. The average Bonchev–Trinajstić information content (AvgIpc) is 2.89. The molecule has 0 radical (unpaired) electrons. The number of nitrogens with zero attached hydrogens (tertiary/aromatic N) is 4. The van der Waals surface area contributed by atoms with Crippen LogP contribution in [0.3, 0.4) is 0 Å². The van der Waals surface area contributed by atoms with Crippen LogP contribution >= 0.6 is 24.2 Å². The first-order chi connectivity index (χ1) is 10.9. The number of alkyl halides is 3. The van der Waals surface area contributed by atoms with Crippen molar-refractivity contribution in [1.82, 2.24) is 25.1 Å². The van der Waals surface area contributed by atoms with Crippen molar-refractivity contribution < 1.29 is 13.2 Å². The molecule has 0 aromatic carbocycles. The fourth-order valence-electron chi connectivity index (χ4n) is 2.59. The molecule has 24 heavy (non-hydrogen) atoms. The second kappa shape index (κ2) is 7.71. The zero-order chi connectivity index (χ0) is 16.4. The van der Waals surface area contributed by atoms with Gasteiger partial charge >= 0.3 is 6.18 Å². The lowest BCUT2D eigenvalue weighted by Crippen LogP contribution is -2.27. The predicted octanol–water partition coefficient (Wildman–Crippen LogP) is 3.27. The number of piperidine rings is 1. The molecule has 0 amide bonds. The quantitative estimate of drug-likeness (QED) is 0.887. The van der Waals surface area contributed by atoms with Gasteiger partial charge in [0.15, 0.2) is 5.16 Å². The van der Waals surface area contributed by atoms with Gasteiger partial charge in [0, 0.05) is 19.2 Å². The summed E-state index contributed by atoms with van der Waals surface area (Å²) in [7, 11) is 1.84. The Balaban J connectivity index is 0.00000208. The van der Waals surface area contributed by atoms with Gasteiger partial charge in [0.25, 0.3) is 0 Å². The average molecular weight is 380 g/mol. The number of aromatic nitrogens is 4. The van der Waals surface area contributed by atoms with Gasteiger partial charge in [0.05, 0.1) is 5.56 Å². The molecule has 0 spiro atoms. The second-order valence-electron chi connectivity index (χ2n) is 5.41. The third-order valence-corrected chi connectivity index (χ3v) is 4.80. The van der Waals surface area contributed by atoms with Crippen molar-refractivity contribution >= 4 is 24.2 Å². The first-order valence-corrected chi connectivity index (χ1v) is 8.08. The molecule has 5 nitrogen and oxygen atoms in total. The molecular formula is C14H17ClF3N5S. The zero-order valence-corrected chi connectivity index (χ0v) is 14.5. The van der Waals surface area contributed by atoms with Crippen LogP contribution in [0.15, 0.2) is 28.5 Å². The summed E-state index contributed by atoms with van der Waals surface area (Å²) >= 11 is 1.09. The Kier molecular flexibility index (Phi) is 6.11. The predicted molar refractivity (Wildman–Crippen MR) is 86.5 cm³/mol. The highest BCUT2D eigenvalue weighted by Crippen LogP contribution is 2.33. The maximum absolute atomic E-state index is 12.8. The molecule has 2 aromatic rings. The Bertz CT molecular complexity index is 685. The Labute approximate surface area is 147 Å². The van der Waals surface area contributed by atoms with Crippen LogP contribution in [-0.4, -0.2) is 32.8 Å². The molecule has 132 valence electrons. The van der Waals surface area contributed by atoms with E-state index in [1.165, 1.54) is 0 Å². The molecule has 1 aliphatic rings. The summed E-state index contributed by atoms with van der Waals surface area (Å²) in [4.78, 5) is 3.98. The van der Waals surface area contributed by atoms with E-state index in [1.54, 1.807) is 0 Å². The van der Waals surface area contributed by atoms with Crippen molar-refractivity contribution in [2.24, 2.45) is 7.05 Å². The van der Waals surface area contributed by atoms with Gasteiger partial charge in [0.1, 0.15) is 10.9 Å². The van der Waals surface area contributed by atoms with Crippen LogP contribution in [0.5, 0.6) is 0 Å². The number of halogens is 4. The topological polar surface area (TPSA) is 55.6 Å². The molecule has 3 rings (SSSR count). The third kappa shape index (κ3) is 4.20. The van der Waals surface area contributed by atoms with Crippen molar-refractivity contribution in [3.8, 4) is 0 Å². The smallest absolute Gasteiger partial charge is 0.317 e. The lowest BCUT2D eigenvalue weighted by atomic mass is 9.97. The molecule has 3 heterocycles. The van der Waals surface area contributed by atoms with Gasteiger partial charge in [0.2, 0.25) is 0 Å². The molecule has 0 aliphatic carbocycles. The van der Waals surface area contributed by atoms with Crippen LogP contribution in [0.4, 0.5) is 13.2 Å². The van der Waals surface area contributed by atoms with E-state index in [0.717, 1.165) is 61.8 Å². The number of pyridine rings is 1. The van der Waals surface area contributed by atoms with Crippen LogP contribution in [0.1, 0.15) is 30.1 Å². The SMILES string of the molecule is Cl.Cn1c(Sc2cc(C(F)(F)F)ccn2)nnc1C1CCNCC1. The lowest BCUT2D eigenvalue weighted by Gasteiger charge is -2.21. The van der Waals surface area contributed by atoms with Gasteiger partial charge in [-0.15, -0.1) is 22.6 Å². The van der Waals surface area contributed by atoms with Crippen molar-refractivity contribution in [3.63, 3.8) is 0 Å². The van der Waals surface area contributed by atoms with Gasteiger partial charge in [-0.3, -0.25) is 0 Å². The highest BCUT2D eigenvalue weighted by molar-refractivity contribution is 7.99. The van der Waals surface area contributed by atoms with Crippen LogP contribution < -0.4 is 5.32 Å². The Hall–Kier alpha value is -1.32. The minimum atomic E-state index is -4.38. The number of hydrogen-bond donors (Lipinski definition) is 1. The Morgan fingerprint density at radius 1 is 1.25 bits per heavy atom. The molecule has 1 N–H and O–H groups in total. The van der Waals surface area contributed by atoms with Gasteiger partial charge in [-0.25, -0.2) is 4.98 Å². The van der Waals surface area contributed by atoms with Crippen LogP contribution in [0.2, 0.25) is 0 Å².